The summed E-state index contributed by atoms with van der Waals surface area (Å²) in [5.41, 5.74) is 0.631. The van der Waals surface area contributed by atoms with E-state index in [1.165, 1.54) is 13.1 Å². The van der Waals surface area contributed by atoms with Crippen molar-refractivity contribution in [3.05, 3.63) is 33.9 Å². The molecule has 1 amide bonds. The maximum Gasteiger partial charge on any atom is 0.293 e. The van der Waals surface area contributed by atoms with Crippen LogP contribution in [-0.2, 0) is 4.74 Å². The lowest BCUT2D eigenvalue weighted by Gasteiger charge is -2.21. The number of anilines is 1. The van der Waals surface area contributed by atoms with Gasteiger partial charge in [0.1, 0.15) is 5.69 Å². The lowest BCUT2D eigenvalue weighted by atomic mass is 9.95. The second kappa shape index (κ2) is 5.33. The van der Waals surface area contributed by atoms with E-state index >= 15 is 0 Å². The minimum atomic E-state index is -0.469. The average molecular weight is 291 g/mol. The highest BCUT2D eigenvalue weighted by Gasteiger charge is 2.41. The zero-order chi connectivity index (χ0) is 15.0. The first-order valence-corrected chi connectivity index (χ1v) is 7.01. The number of hydrogen-bond donors (Lipinski definition) is 2. The number of rotatable bonds is 4. The van der Waals surface area contributed by atoms with Crippen LogP contribution in [0.15, 0.2) is 18.2 Å². The minimum absolute atomic E-state index is 0.0844. The first-order chi connectivity index (χ1) is 10.1. The molecule has 21 heavy (non-hydrogen) atoms. The van der Waals surface area contributed by atoms with E-state index in [2.05, 4.69) is 10.6 Å². The number of carbonyl (C=O) groups excluding carboxylic acids is 1. The number of carbonyl (C=O) groups is 1. The van der Waals surface area contributed by atoms with Crippen LogP contribution < -0.4 is 10.6 Å². The summed E-state index contributed by atoms with van der Waals surface area (Å²) in [4.78, 5) is 22.3. The molecule has 2 aliphatic rings. The molecule has 2 heterocycles. The zero-order valence-corrected chi connectivity index (χ0v) is 11.7. The fourth-order valence-corrected chi connectivity index (χ4v) is 3.08. The van der Waals surface area contributed by atoms with E-state index in [9.17, 15) is 14.9 Å². The van der Waals surface area contributed by atoms with Gasteiger partial charge in [0.05, 0.1) is 23.2 Å². The van der Waals surface area contributed by atoms with Crippen LogP contribution in [0.5, 0.6) is 0 Å². The van der Waals surface area contributed by atoms with E-state index in [0.29, 0.717) is 5.69 Å². The van der Waals surface area contributed by atoms with Gasteiger partial charge in [-0.25, -0.2) is 0 Å². The Bertz CT molecular complexity index is 590. The van der Waals surface area contributed by atoms with Crippen molar-refractivity contribution < 1.29 is 14.5 Å². The Morgan fingerprint density at radius 3 is 2.81 bits per heavy atom. The molecule has 2 aliphatic heterocycles. The van der Waals surface area contributed by atoms with Crippen LogP contribution in [-0.4, -0.2) is 36.1 Å². The summed E-state index contributed by atoms with van der Waals surface area (Å²) in [6.45, 7) is 0. The lowest BCUT2D eigenvalue weighted by molar-refractivity contribution is -0.384. The summed E-state index contributed by atoms with van der Waals surface area (Å²) in [5, 5.41) is 16.9. The number of ether oxygens (including phenoxy) is 1. The van der Waals surface area contributed by atoms with E-state index in [0.717, 1.165) is 19.3 Å². The molecule has 7 heteroatoms. The Morgan fingerprint density at radius 1 is 1.43 bits per heavy atom. The van der Waals surface area contributed by atoms with Crippen molar-refractivity contribution in [2.24, 2.45) is 0 Å². The third kappa shape index (κ3) is 2.56. The average Bonchev–Trinajstić information content (AvgIpc) is 3.09. The Kier molecular flexibility index (Phi) is 3.50. The number of nitro groups is 1. The molecule has 3 atom stereocenters. The number of fused-ring (bicyclic) bond motifs is 2. The van der Waals surface area contributed by atoms with Gasteiger partial charge in [0.25, 0.3) is 11.6 Å². The molecule has 2 fully saturated rings. The van der Waals surface area contributed by atoms with Gasteiger partial charge >= 0.3 is 0 Å². The topological polar surface area (TPSA) is 93.5 Å². The summed E-state index contributed by atoms with van der Waals surface area (Å²) in [6.07, 6.45) is 3.34. The molecule has 0 aliphatic carbocycles. The smallest absolute Gasteiger partial charge is 0.293 e. The highest BCUT2D eigenvalue weighted by atomic mass is 16.6. The lowest BCUT2D eigenvalue weighted by Crippen LogP contribution is -2.30. The highest BCUT2D eigenvalue weighted by molar-refractivity contribution is 5.95. The quantitative estimate of drug-likeness (QED) is 0.650. The molecule has 1 aromatic carbocycles. The number of nitrogens with zero attached hydrogens (tertiary/aromatic N) is 1. The summed E-state index contributed by atoms with van der Waals surface area (Å²) in [5.74, 6) is -0.340. The molecule has 112 valence electrons. The van der Waals surface area contributed by atoms with Crippen LogP contribution in [0.4, 0.5) is 11.4 Å². The first kappa shape index (κ1) is 13.8. The Labute approximate surface area is 121 Å². The Balaban J connectivity index is 1.84. The van der Waals surface area contributed by atoms with E-state index in [1.54, 1.807) is 12.1 Å². The largest absolute Gasteiger partial charge is 0.374 e. The zero-order valence-electron chi connectivity index (χ0n) is 11.7. The summed E-state index contributed by atoms with van der Waals surface area (Å²) >= 11 is 0. The fraction of sp³-hybridized carbons (Fsp3) is 0.500. The monoisotopic (exact) mass is 291 g/mol. The molecule has 0 radical (unpaired) electrons. The number of hydrogen-bond acceptors (Lipinski definition) is 5. The van der Waals surface area contributed by atoms with Gasteiger partial charge in [-0.05, 0) is 31.4 Å². The van der Waals surface area contributed by atoms with E-state index in [4.69, 9.17) is 4.74 Å². The van der Waals surface area contributed by atoms with Crippen LogP contribution in [0.2, 0.25) is 0 Å². The Hall–Kier alpha value is -2.15. The van der Waals surface area contributed by atoms with Crippen molar-refractivity contribution in [3.8, 4) is 0 Å². The van der Waals surface area contributed by atoms with Crippen LogP contribution in [0.3, 0.4) is 0 Å². The maximum atomic E-state index is 11.6. The predicted molar refractivity (Wildman–Crippen MR) is 76.4 cm³/mol. The van der Waals surface area contributed by atoms with Gasteiger partial charge in [-0.1, -0.05) is 0 Å². The van der Waals surface area contributed by atoms with Gasteiger partial charge in [0, 0.05) is 18.7 Å². The van der Waals surface area contributed by atoms with Crippen LogP contribution in [0, 0.1) is 10.1 Å². The van der Waals surface area contributed by atoms with Crippen LogP contribution in [0.25, 0.3) is 0 Å². The van der Waals surface area contributed by atoms with Gasteiger partial charge in [0.15, 0.2) is 0 Å². The molecule has 3 rings (SSSR count). The molecule has 7 nitrogen and oxygen atoms in total. The molecule has 2 saturated heterocycles. The third-order valence-electron chi connectivity index (χ3n) is 4.13. The van der Waals surface area contributed by atoms with Gasteiger partial charge in [-0.15, -0.1) is 0 Å². The first-order valence-electron chi connectivity index (χ1n) is 7.01. The molecule has 0 spiro atoms. The van der Waals surface area contributed by atoms with E-state index in [-0.39, 0.29) is 35.4 Å². The summed E-state index contributed by atoms with van der Waals surface area (Å²) < 4.78 is 5.74. The molecule has 0 aromatic heterocycles. The fourth-order valence-electron chi connectivity index (χ4n) is 3.08. The van der Waals surface area contributed by atoms with E-state index in [1.807, 2.05) is 0 Å². The number of benzene rings is 1. The van der Waals surface area contributed by atoms with Crippen molar-refractivity contribution in [2.45, 2.75) is 37.5 Å². The van der Waals surface area contributed by atoms with E-state index < -0.39 is 4.92 Å². The second-order valence-electron chi connectivity index (χ2n) is 5.43. The number of nitrogens with one attached hydrogen (secondary N) is 2. The van der Waals surface area contributed by atoms with Gasteiger partial charge in [-0.2, -0.15) is 0 Å². The molecular weight excluding hydrogens is 274 g/mol. The van der Waals surface area contributed by atoms with Crippen molar-refractivity contribution in [1.29, 1.82) is 0 Å². The molecule has 2 N–H and O–H groups in total. The Morgan fingerprint density at radius 2 is 2.24 bits per heavy atom. The highest BCUT2D eigenvalue weighted by Crippen LogP contribution is 2.37. The second-order valence-corrected chi connectivity index (χ2v) is 5.43. The van der Waals surface area contributed by atoms with Gasteiger partial charge in [0.2, 0.25) is 0 Å². The normalized spacial score (nSPS) is 26.6. The standard InChI is InChI=1S/C14H17N3O4/c1-15-14(18)8-2-4-10(12(6-8)17(19)20)16-11-7-9-3-5-13(11)21-9/h2,4,6,9,11,13,16H,3,5,7H2,1H3,(H,15,18). The molecule has 2 bridgehead atoms. The van der Waals surface area contributed by atoms with Crippen molar-refractivity contribution in [2.75, 3.05) is 12.4 Å². The molecular formula is C14H17N3O4. The molecule has 0 saturated carbocycles. The number of amides is 1. The maximum absolute atomic E-state index is 11.6. The van der Waals surface area contributed by atoms with Crippen molar-refractivity contribution >= 4 is 17.3 Å². The molecule has 3 unspecified atom stereocenters. The number of nitro benzene ring substituents is 1. The predicted octanol–water partition coefficient (Wildman–Crippen LogP) is 1.69. The summed E-state index contributed by atoms with van der Waals surface area (Å²) in [6, 6.07) is 4.58. The SMILES string of the molecule is CNC(=O)c1ccc(NC2CC3CCC2O3)c([N+](=O)[O-])c1. The minimum Gasteiger partial charge on any atom is -0.374 e. The van der Waals surface area contributed by atoms with Crippen molar-refractivity contribution in [3.63, 3.8) is 0 Å². The van der Waals surface area contributed by atoms with Gasteiger partial charge < -0.3 is 15.4 Å². The third-order valence-corrected chi connectivity index (χ3v) is 4.13. The van der Waals surface area contributed by atoms with Crippen LogP contribution >= 0.6 is 0 Å². The van der Waals surface area contributed by atoms with Crippen molar-refractivity contribution in [1.82, 2.24) is 5.32 Å². The summed E-state index contributed by atoms with van der Waals surface area (Å²) in [7, 11) is 1.49. The molecule has 1 aromatic rings. The van der Waals surface area contributed by atoms with Gasteiger partial charge in [-0.3, -0.25) is 14.9 Å². The van der Waals surface area contributed by atoms with Crippen LogP contribution in [0.1, 0.15) is 29.6 Å².